The summed E-state index contributed by atoms with van der Waals surface area (Å²) in [5.74, 6) is 1.14. The van der Waals surface area contributed by atoms with Gasteiger partial charge in [-0.25, -0.2) is 0 Å². The lowest BCUT2D eigenvalue weighted by atomic mass is 10.2. The van der Waals surface area contributed by atoms with Crippen molar-refractivity contribution in [3.05, 3.63) is 78.1 Å². The molecule has 0 saturated carbocycles. The molecule has 2 N–H and O–H groups in total. The summed E-state index contributed by atoms with van der Waals surface area (Å²) in [6, 6.07) is 19.6. The molecule has 0 saturated heterocycles. The molecule has 0 spiro atoms. The Balaban J connectivity index is 1.53. The fraction of sp³-hybridized carbons (Fsp3) is 0.136. The lowest BCUT2D eigenvalue weighted by Crippen LogP contribution is -2.16. The van der Waals surface area contributed by atoms with Crippen molar-refractivity contribution >= 4 is 17.3 Å². The third-order valence-electron chi connectivity index (χ3n) is 4.05. The molecule has 29 heavy (non-hydrogen) atoms. The largest absolute Gasteiger partial charge is 0.497 e. The fourth-order valence-electron chi connectivity index (χ4n) is 2.58. The Hall–Kier alpha value is -4.05. The molecule has 0 aliphatic heterocycles. The number of para-hydroxylation sites is 1. The Bertz CT molecular complexity index is 1010. The number of benzene rings is 2. The summed E-state index contributed by atoms with van der Waals surface area (Å²) in [6.07, 6.45) is 1.55. The SMILES string of the molecule is COc1ccc(OCCNc2ccnc(C(=O)Nc3ccccc3C#N)c2)cc1. The summed E-state index contributed by atoms with van der Waals surface area (Å²) in [7, 11) is 1.62. The second-order valence-electron chi connectivity index (χ2n) is 5.99. The Morgan fingerprint density at radius 2 is 1.86 bits per heavy atom. The number of hydrogen-bond acceptors (Lipinski definition) is 6. The van der Waals surface area contributed by atoms with Crippen LogP contribution in [-0.2, 0) is 0 Å². The van der Waals surface area contributed by atoms with Crippen molar-refractivity contribution in [3.63, 3.8) is 0 Å². The molecule has 1 aromatic heterocycles. The molecule has 0 bridgehead atoms. The molecule has 0 unspecified atom stereocenters. The molecular formula is C22H20N4O3. The van der Waals surface area contributed by atoms with Crippen LogP contribution in [0, 0.1) is 11.3 Å². The molecule has 146 valence electrons. The number of carbonyl (C=O) groups excluding carboxylic acids is 1. The Morgan fingerprint density at radius 3 is 2.62 bits per heavy atom. The van der Waals surface area contributed by atoms with E-state index in [1.807, 2.05) is 30.3 Å². The van der Waals surface area contributed by atoms with Gasteiger partial charge in [0.25, 0.3) is 5.91 Å². The Labute approximate surface area is 168 Å². The number of nitriles is 1. The number of nitrogens with one attached hydrogen (secondary N) is 2. The first-order valence-corrected chi connectivity index (χ1v) is 8.97. The normalized spacial score (nSPS) is 9.93. The highest BCUT2D eigenvalue weighted by molar-refractivity contribution is 6.04. The van der Waals surface area contributed by atoms with Crippen molar-refractivity contribution in [2.45, 2.75) is 0 Å². The summed E-state index contributed by atoms with van der Waals surface area (Å²) < 4.78 is 10.8. The number of ether oxygens (including phenoxy) is 2. The highest BCUT2D eigenvalue weighted by Crippen LogP contribution is 2.17. The first-order valence-electron chi connectivity index (χ1n) is 8.97. The Morgan fingerprint density at radius 1 is 1.10 bits per heavy atom. The second kappa shape index (κ2) is 9.76. The number of rotatable bonds is 8. The molecule has 0 aliphatic carbocycles. The van der Waals surface area contributed by atoms with Crippen LogP contribution in [0.3, 0.4) is 0 Å². The third kappa shape index (κ3) is 5.47. The summed E-state index contributed by atoms with van der Waals surface area (Å²) in [6.45, 7) is 1.00. The van der Waals surface area contributed by atoms with E-state index in [1.165, 1.54) is 0 Å². The average molecular weight is 388 g/mol. The minimum absolute atomic E-state index is 0.249. The maximum Gasteiger partial charge on any atom is 0.274 e. The van der Waals surface area contributed by atoms with Crippen LogP contribution in [-0.4, -0.2) is 31.2 Å². The molecule has 0 fully saturated rings. The van der Waals surface area contributed by atoms with Gasteiger partial charge in [-0.15, -0.1) is 0 Å². The average Bonchev–Trinajstić information content (AvgIpc) is 2.77. The van der Waals surface area contributed by atoms with Crippen LogP contribution in [0.1, 0.15) is 16.1 Å². The minimum Gasteiger partial charge on any atom is -0.497 e. The van der Waals surface area contributed by atoms with E-state index in [0.717, 1.165) is 17.2 Å². The summed E-state index contributed by atoms with van der Waals surface area (Å²) in [5, 5.41) is 15.0. The van der Waals surface area contributed by atoms with Crippen molar-refractivity contribution in [1.82, 2.24) is 4.98 Å². The van der Waals surface area contributed by atoms with Crippen LogP contribution in [0.2, 0.25) is 0 Å². The summed E-state index contributed by atoms with van der Waals surface area (Å²) >= 11 is 0. The van der Waals surface area contributed by atoms with Crippen LogP contribution >= 0.6 is 0 Å². The van der Waals surface area contributed by atoms with E-state index in [-0.39, 0.29) is 11.6 Å². The maximum atomic E-state index is 12.5. The molecule has 7 heteroatoms. The van der Waals surface area contributed by atoms with E-state index in [9.17, 15) is 4.79 Å². The van der Waals surface area contributed by atoms with Crippen molar-refractivity contribution < 1.29 is 14.3 Å². The van der Waals surface area contributed by atoms with Gasteiger partial charge >= 0.3 is 0 Å². The van der Waals surface area contributed by atoms with Crippen LogP contribution < -0.4 is 20.1 Å². The maximum absolute atomic E-state index is 12.5. The number of hydrogen-bond donors (Lipinski definition) is 2. The molecule has 3 rings (SSSR count). The minimum atomic E-state index is -0.383. The topological polar surface area (TPSA) is 96.3 Å². The highest BCUT2D eigenvalue weighted by Gasteiger charge is 2.10. The lowest BCUT2D eigenvalue weighted by Gasteiger charge is -2.10. The zero-order chi connectivity index (χ0) is 20.5. The first-order chi connectivity index (χ1) is 14.2. The van der Waals surface area contributed by atoms with E-state index in [4.69, 9.17) is 14.7 Å². The van der Waals surface area contributed by atoms with E-state index >= 15 is 0 Å². The van der Waals surface area contributed by atoms with E-state index in [0.29, 0.717) is 24.4 Å². The van der Waals surface area contributed by atoms with Gasteiger partial charge in [-0.3, -0.25) is 9.78 Å². The van der Waals surface area contributed by atoms with E-state index in [2.05, 4.69) is 15.6 Å². The second-order valence-corrected chi connectivity index (χ2v) is 5.99. The molecule has 3 aromatic rings. The van der Waals surface area contributed by atoms with Crippen LogP contribution in [0.15, 0.2) is 66.9 Å². The number of methoxy groups -OCH3 is 1. The monoisotopic (exact) mass is 388 g/mol. The number of pyridine rings is 1. The lowest BCUT2D eigenvalue weighted by molar-refractivity contribution is 0.102. The third-order valence-corrected chi connectivity index (χ3v) is 4.05. The van der Waals surface area contributed by atoms with Crippen LogP contribution in [0.4, 0.5) is 11.4 Å². The van der Waals surface area contributed by atoms with Crippen LogP contribution in [0.25, 0.3) is 0 Å². The van der Waals surface area contributed by atoms with Crippen LogP contribution in [0.5, 0.6) is 11.5 Å². The molecule has 0 radical (unpaired) electrons. The van der Waals surface area contributed by atoms with E-state index in [1.54, 1.807) is 49.7 Å². The predicted molar refractivity (Wildman–Crippen MR) is 110 cm³/mol. The molecule has 0 aliphatic rings. The molecule has 1 amide bonds. The standard InChI is InChI=1S/C22H20N4O3/c1-28-18-6-8-19(9-7-18)29-13-12-24-17-10-11-25-21(14-17)22(27)26-20-5-3-2-4-16(20)15-23/h2-11,14H,12-13H2,1H3,(H,24,25)(H,26,27). The summed E-state index contributed by atoms with van der Waals surface area (Å²) in [5.41, 5.74) is 1.84. The predicted octanol–water partition coefficient (Wildman–Crippen LogP) is 3.71. The molecule has 0 atom stereocenters. The van der Waals surface area contributed by atoms with E-state index < -0.39 is 0 Å². The zero-order valence-electron chi connectivity index (χ0n) is 15.9. The molecule has 2 aromatic carbocycles. The quantitative estimate of drug-likeness (QED) is 0.571. The smallest absolute Gasteiger partial charge is 0.274 e. The fourth-order valence-corrected chi connectivity index (χ4v) is 2.58. The first kappa shape index (κ1) is 19.7. The highest BCUT2D eigenvalue weighted by atomic mass is 16.5. The number of aromatic nitrogens is 1. The molecule has 1 heterocycles. The van der Waals surface area contributed by atoms with Gasteiger partial charge in [-0.1, -0.05) is 12.1 Å². The van der Waals surface area contributed by atoms with Gasteiger partial charge in [-0.05, 0) is 48.5 Å². The van der Waals surface area contributed by atoms with Gasteiger partial charge in [0.2, 0.25) is 0 Å². The van der Waals surface area contributed by atoms with Crippen molar-refractivity contribution in [2.24, 2.45) is 0 Å². The van der Waals surface area contributed by atoms with Crippen molar-refractivity contribution in [2.75, 3.05) is 30.9 Å². The molecule has 7 nitrogen and oxygen atoms in total. The van der Waals surface area contributed by atoms with Gasteiger partial charge in [0.05, 0.1) is 18.4 Å². The van der Waals surface area contributed by atoms with Gasteiger partial charge in [0, 0.05) is 18.4 Å². The molecular weight excluding hydrogens is 368 g/mol. The van der Waals surface area contributed by atoms with Gasteiger partial charge in [0.15, 0.2) is 0 Å². The number of amides is 1. The van der Waals surface area contributed by atoms with Gasteiger partial charge < -0.3 is 20.1 Å². The van der Waals surface area contributed by atoms with Gasteiger partial charge in [0.1, 0.15) is 29.9 Å². The Kier molecular flexibility index (Phi) is 6.63. The number of anilines is 2. The van der Waals surface area contributed by atoms with Crippen molar-refractivity contribution in [1.29, 1.82) is 5.26 Å². The zero-order valence-corrected chi connectivity index (χ0v) is 15.9. The van der Waals surface area contributed by atoms with Gasteiger partial charge in [-0.2, -0.15) is 5.26 Å². The number of nitrogens with zero attached hydrogens (tertiary/aromatic N) is 2. The summed E-state index contributed by atoms with van der Waals surface area (Å²) in [4.78, 5) is 16.6. The van der Waals surface area contributed by atoms with Crippen molar-refractivity contribution in [3.8, 4) is 17.6 Å². The number of carbonyl (C=O) groups is 1.